The molecule has 3 heterocycles. The van der Waals surface area contributed by atoms with Crippen LogP contribution in [0.1, 0.15) is 20.8 Å². The number of pyridine rings is 1. The molecule has 4 rings (SSSR count). The molecular weight excluding hydrogens is 514 g/mol. The lowest BCUT2D eigenvalue weighted by molar-refractivity contribution is 0.0636. The van der Waals surface area contributed by atoms with E-state index >= 15 is 0 Å². The second-order valence-corrected chi connectivity index (χ2v) is 11.7. The van der Waals surface area contributed by atoms with Crippen LogP contribution in [0.25, 0.3) is 21.5 Å². The van der Waals surface area contributed by atoms with E-state index < -0.39 is 21.7 Å². The fraction of sp³-hybridized carbons (Fsp3) is 0.182. The smallest absolute Gasteiger partial charge is 0.412 e. The van der Waals surface area contributed by atoms with Crippen molar-refractivity contribution in [3.8, 4) is 10.4 Å². The van der Waals surface area contributed by atoms with Gasteiger partial charge in [0.2, 0.25) is 0 Å². The first-order valence-corrected chi connectivity index (χ1v) is 12.7. The number of rotatable bonds is 4. The van der Waals surface area contributed by atoms with Gasteiger partial charge in [-0.25, -0.2) is 22.2 Å². The lowest BCUT2D eigenvalue weighted by Gasteiger charge is -2.19. The quantitative estimate of drug-likeness (QED) is 0.341. The number of hydrogen-bond donors (Lipinski definition) is 1. The van der Waals surface area contributed by atoms with Gasteiger partial charge in [-0.05, 0) is 67.0 Å². The summed E-state index contributed by atoms with van der Waals surface area (Å²) >= 11 is 4.90. The Kier molecular flexibility index (Phi) is 5.87. The van der Waals surface area contributed by atoms with Crippen LogP contribution in [-0.2, 0) is 14.8 Å². The maximum Gasteiger partial charge on any atom is 0.412 e. The molecule has 32 heavy (non-hydrogen) atoms. The predicted octanol–water partition coefficient (Wildman–Crippen LogP) is 6.11. The topological polar surface area (TPSA) is 90.3 Å². The van der Waals surface area contributed by atoms with Gasteiger partial charge < -0.3 is 4.74 Å². The average Bonchev–Trinajstić information content (AvgIpc) is 3.30. The first-order chi connectivity index (χ1) is 15.1. The number of halogens is 1. The summed E-state index contributed by atoms with van der Waals surface area (Å²) in [5.74, 6) is 0. The van der Waals surface area contributed by atoms with Crippen molar-refractivity contribution in [3.05, 3.63) is 65.4 Å². The number of nitrogens with zero attached hydrogens (tertiary/aromatic N) is 2. The number of hydrogen-bond acceptors (Lipinski definition) is 6. The van der Waals surface area contributed by atoms with Crippen LogP contribution >= 0.6 is 27.3 Å². The van der Waals surface area contributed by atoms with E-state index in [1.807, 2.05) is 6.07 Å². The highest BCUT2D eigenvalue weighted by molar-refractivity contribution is 9.10. The number of amides is 1. The molecule has 0 radical (unpaired) electrons. The van der Waals surface area contributed by atoms with Gasteiger partial charge in [0, 0.05) is 27.8 Å². The normalized spacial score (nSPS) is 12.1. The molecule has 0 spiro atoms. The third kappa shape index (κ3) is 4.43. The Morgan fingerprint density at radius 3 is 2.56 bits per heavy atom. The number of nitrogens with one attached hydrogen (secondary N) is 1. The van der Waals surface area contributed by atoms with Crippen molar-refractivity contribution in [2.45, 2.75) is 31.3 Å². The molecule has 7 nitrogen and oxygen atoms in total. The standard InChI is InChI=1S/C22H20BrN3O4S2/c1-22(2,3)30-21(27)25-18-13-17(23)19(31-18)15-9-11-24-20-16(15)10-12-26(20)32(28,29)14-7-5-4-6-8-14/h4-13H,1-3H3,(H,25,27). The number of carbonyl (C=O) groups is 1. The molecule has 1 aromatic carbocycles. The van der Waals surface area contributed by atoms with Crippen LogP contribution in [0.3, 0.4) is 0 Å². The summed E-state index contributed by atoms with van der Waals surface area (Å²) in [6.45, 7) is 5.39. The van der Waals surface area contributed by atoms with Crippen molar-refractivity contribution in [2.75, 3.05) is 5.32 Å². The van der Waals surface area contributed by atoms with Gasteiger partial charge in [0.15, 0.2) is 5.65 Å². The van der Waals surface area contributed by atoms with Crippen molar-refractivity contribution in [2.24, 2.45) is 0 Å². The lowest BCUT2D eigenvalue weighted by atomic mass is 10.1. The van der Waals surface area contributed by atoms with Crippen molar-refractivity contribution in [1.82, 2.24) is 8.96 Å². The number of carbonyl (C=O) groups excluding carboxylic acids is 1. The van der Waals surface area contributed by atoms with E-state index in [1.165, 1.54) is 21.5 Å². The first-order valence-electron chi connectivity index (χ1n) is 9.63. The van der Waals surface area contributed by atoms with Crippen LogP contribution < -0.4 is 5.32 Å². The molecule has 0 aliphatic heterocycles. The molecule has 1 amide bonds. The van der Waals surface area contributed by atoms with E-state index in [0.717, 1.165) is 14.9 Å². The van der Waals surface area contributed by atoms with E-state index in [-0.39, 0.29) is 4.90 Å². The summed E-state index contributed by atoms with van der Waals surface area (Å²) in [4.78, 5) is 17.5. The molecule has 0 aliphatic carbocycles. The fourth-order valence-corrected chi connectivity index (χ4v) is 6.27. The number of benzene rings is 1. The number of aromatic nitrogens is 2. The monoisotopic (exact) mass is 533 g/mol. The zero-order valence-corrected chi connectivity index (χ0v) is 20.7. The zero-order valence-electron chi connectivity index (χ0n) is 17.5. The number of ether oxygens (including phenoxy) is 1. The summed E-state index contributed by atoms with van der Waals surface area (Å²) in [7, 11) is -3.79. The summed E-state index contributed by atoms with van der Waals surface area (Å²) in [5, 5.41) is 4.02. The lowest BCUT2D eigenvalue weighted by Crippen LogP contribution is -2.26. The van der Waals surface area contributed by atoms with Gasteiger partial charge >= 0.3 is 6.09 Å². The summed E-state index contributed by atoms with van der Waals surface area (Å²) in [5.41, 5.74) is 0.519. The molecule has 10 heteroatoms. The van der Waals surface area contributed by atoms with Gasteiger partial charge in [0.05, 0.1) is 14.8 Å². The van der Waals surface area contributed by atoms with E-state index in [4.69, 9.17) is 4.74 Å². The molecular formula is C22H20BrN3O4S2. The average molecular weight is 534 g/mol. The molecule has 0 saturated carbocycles. The van der Waals surface area contributed by atoms with Crippen LogP contribution in [0.5, 0.6) is 0 Å². The van der Waals surface area contributed by atoms with Crippen LogP contribution in [0.2, 0.25) is 0 Å². The highest BCUT2D eigenvalue weighted by Crippen LogP contribution is 2.42. The Bertz CT molecular complexity index is 1400. The Morgan fingerprint density at radius 1 is 1.16 bits per heavy atom. The molecule has 1 N–H and O–H groups in total. The minimum absolute atomic E-state index is 0.186. The zero-order chi connectivity index (χ0) is 23.1. The first kappa shape index (κ1) is 22.5. The van der Waals surface area contributed by atoms with Crippen molar-refractivity contribution >= 4 is 59.4 Å². The second kappa shape index (κ2) is 8.34. The molecule has 0 bridgehead atoms. The van der Waals surface area contributed by atoms with Crippen molar-refractivity contribution in [1.29, 1.82) is 0 Å². The minimum Gasteiger partial charge on any atom is -0.444 e. The fourth-order valence-electron chi connectivity index (χ4n) is 3.13. The summed E-state index contributed by atoms with van der Waals surface area (Å²) in [6, 6.07) is 13.6. The van der Waals surface area contributed by atoms with Crippen molar-refractivity contribution in [3.63, 3.8) is 0 Å². The molecule has 4 aromatic rings. The van der Waals surface area contributed by atoms with E-state index in [2.05, 4.69) is 26.2 Å². The summed E-state index contributed by atoms with van der Waals surface area (Å²) < 4.78 is 33.5. The van der Waals surface area contributed by atoms with Gasteiger partial charge in [-0.3, -0.25) is 5.32 Å². The van der Waals surface area contributed by atoms with Crippen LogP contribution in [-0.4, -0.2) is 29.1 Å². The Labute approximate surface area is 198 Å². The van der Waals surface area contributed by atoms with E-state index in [0.29, 0.717) is 16.0 Å². The van der Waals surface area contributed by atoms with Gasteiger partial charge in [0.1, 0.15) is 5.60 Å². The van der Waals surface area contributed by atoms with Gasteiger partial charge in [-0.15, -0.1) is 11.3 Å². The second-order valence-electron chi connectivity index (χ2n) is 7.94. The Hall–Kier alpha value is -2.69. The van der Waals surface area contributed by atoms with Crippen LogP contribution in [0, 0.1) is 0 Å². The van der Waals surface area contributed by atoms with Gasteiger partial charge in [-0.2, -0.15) is 0 Å². The molecule has 0 atom stereocenters. The highest BCUT2D eigenvalue weighted by atomic mass is 79.9. The maximum atomic E-state index is 13.1. The predicted molar refractivity (Wildman–Crippen MR) is 130 cm³/mol. The maximum absolute atomic E-state index is 13.1. The van der Waals surface area contributed by atoms with Crippen LogP contribution in [0.4, 0.5) is 9.80 Å². The number of thiophene rings is 1. The number of anilines is 1. The van der Waals surface area contributed by atoms with Gasteiger partial charge in [-0.1, -0.05) is 18.2 Å². The summed E-state index contributed by atoms with van der Waals surface area (Å²) in [6.07, 6.45) is 2.53. The largest absolute Gasteiger partial charge is 0.444 e. The SMILES string of the molecule is CC(C)(C)OC(=O)Nc1cc(Br)c(-c2ccnc3c2ccn3S(=O)(=O)c2ccccc2)s1. The Balaban J connectivity index is 1.73. The minimum atomic E-state index is -3.79. The third-order valence-corrected chi connectivity index (χ3v) is 8.06. The third-order valence-electron chi connectivity index (χ3n) is 4.41. The molecule has 0 unspecified atom stereocenters. The molecule has 166 valence electrons. The highest BCUT2D eigenvalue weighted by Gasteiger charge is 2.22. The van der Waals surface area contributed by atoms with E-state index in [9.17, 15) is 13.2 Å². The molecule has 0 fully saturated rings. The Morgan fingerprint density at radius 2 is 1.88 bits per heavy atom. The van der Waals surface area contributed by atoms with Crippen LogP contribution in [0.15, 0.2) is 70.3 Å². The molecule has 0 saturated heterocycles. The van der Waals surface area contributed by atoms with Crippen molar-refractivity contribution < 1.29 is 17.9 Å². The molecule has 0 aliphatic rings. The number of fused-ring (bicyclic) bond motifs is 1. The van der Waals surface area contributed by atoms with Gasteiger partial charge in [0.25, 0.3) is 10.0 Å². The van der Waals surface area contributed by atoms with E-state index in [1.54, 1.807) is 69.4 Å². The molecule has 3 aromatic heterocycles.